The largest absolute Gasteiger partial charge is 0.360 e. The summed E-state index contributed by atoms with van der Waals surface area (Å²) in [6.07, 6.45) is 3.56. The first-order chi connectivity index (χ1) is 9.67. The smallest absolute Gasteiger partial charge is 0.175 e. The van der Waals surface area contributed by atoms with Gasteiger partial charge in [0.25, 0.3) is 0 Å². The first-order valence-electron chi connectivity index (χ1n) is 6.42. The Kier molecular flexibility index (Phi) is 5.09. The van der Waals surface area contributed by atoms with Crippen LogP contribution in [0.4, 0.5) is 11.4 Å². The Bertz CT molecular complexity index is 582. The summed E-state index contributed by atoms with van der Waals surface area (Å²) < 4.78 is 6.98. The minimum Gasteiger partial charge on any atom is -0.360 e. The summed E-state index contributed by atoms with van der Waals surface area (Å²) in [5.74, 6) is 0. The quantitative estimate of drug-likeness (QED) is 0.829. The molecule has 0 bridgehead atoms. The normalized spacial score (nSPS) is 10.3. The fraction of sp³-hybridized carbons (Fsp3) is 0.286. The second-order valence-corrected chi connectivity index (χ2v) is 4.75. The summed E-state index contributed by atoms with van der Waals surface area (Å²) in [5, 5.41) is 10.9. The summed E-state index contributed by atoms with van der Waals surface area (Å²) in [5.41, 5.74) is 2.97. The number of nitrogens with zero attached hydrogens (tertiary/aromatic N) is 2. The summed E-state index contributed by atoms with van der Waals surface area (Å²) in [4.78, 5) is 0. The van der Waals surface area contributed by atoms with Crippen molar-refractivity contribution in [3.05, 3.63) is 42.2 Å². The Hall–Kier alpha value is -1.92. The Morgan fingerprint density at radius 2 is 2.15 bits per heavy atom. The molecule has 2 N–H and O–H groups in total. The third kappa shape index (κ3) is 4.32. The highest BCUT2D eigenvalue weighted by Crippen LogP contribution is 2.11. The zero-order valence-corrected chi connectivity index (χ0v) is 12.4. The van der Waals surface area contributed by atoms with E-state index in [1.54, 1.807) is 10.9 Å². The fourth-order valence-electron chi connectivity index (χ4n) is 1.70. The van der Waals surface area contributed by atoms with E-state index in [1.807, 2.05) is 44.3 Å². The van der Waals surface area contributed by atoms with Crippen LogP contribution in [-0.4, -0.2) is 21.5 Å². The highest BCUT2D eigenvalue weighted by atomic mass is 32.1. The maximum atomic E-state index is 5.27. The number of anilines is 2. The predicted molar refractivity (Wildman–Crippen MR) is 84.9 cm³/mol. The van der Waals surface area contributed by atoms with Gasteiger partial charge in [0.15, 0.2) is 5.11 Å². The molecule has 0 unspecified atom stereocenters. The van der Waals surface area contributed by atoms with Gasteiger partial charge in [0.2, 0.25) is 0 Å². The van der Waals surface area contributed by atoms with Crippen molar-refractivity contribution in [1.82, 2.24) is 9.78 Å². The SMILES string of the molecule is CCOCn1cc(NC(=S)Nc2cccc(C)c2)cn1. The Morgan fingerprint density at radius 3 is 2.90 bits per heavy atom. The van der Waals surface area contributed by atoms with Gasteiger partial charge in [0.05, 0.1) is 18.1 Å². The van der Waals surface area contributed by atoms with Crippen molar-refractivity contribution in [3.63, 3.8) is 0 Å². The van der Waals surface area contributed by atoms with E-state index in [9.17, 15) is 0 Å². The molecule has 0 saturated carbocycles. The summed E-state index contributed by atoms with van der Waals surface area (Å²) >= 11 is 5.27. The van der Waals surface area contributed by atoms with Crippen LogP contribution in [0.1, 0.15) is 12.5 Å². The van der Waals surface area contributed by atoms with Gasteiger partial charge in [-0.3, -0.25) is 0 Å². The zero-order chi connectivity index (χ0) is 14.4. The highest BCUT2D eigenvalue weighted by molar-refractivity contribution is 7.80. The molecule has 2 aromatic rings. The van der Waals surface area contributed by atoms with Crippen molar-refractivity contribution in [3.8, 4) is 0 Å². The van der Waals surface area contributed by atoms with E-state index < -0.39 is 0 Å². The molecule has 5 nitrogen and oxygen atoms in total. The molecule has 0 fully saturated rings. The summed E-state index contributed by atoms with van der Waals surface area (Å²) in [6.45, 7) is 5.09. The fourth-order valence-corrected chi connectivity index (χ4v) is 1.94. The molecule has 0 aliphatic rings. The van der Waals surface area contributed by atoms with E-state index in [0.29, 0.717) is 18.5 Å². The topological polar surface area (TPSA) is 51.1 Å². The maximum absolute atomic E-state index is 5.27. The number of benzene rings is 1. The molecule has 2 rings (SSSR count). The van der Waals surface area contributed by atoms with E-state index in [2.05, 4.69) is 15.7 Å². The molecule has 20 heavy (non-hydrogen) atoms. The predicted octanol–water partition coefficient (Wildman–Crippen LogP) is 2.99. The number of aryl methyl sites for hydroxylation is 1. The van der Waals surface area contributed by atoms with Crippen LogP contribution in [0, 0.1) is 6.92 Å². The molecule has 1 aromatic heterocycles. The first-order valence-corrected chi connectivity index (χ1v) is 6.83. The molecule has 0 aliphatic carbocycles. The molecule has 0 spiro atoms. The van der Waals surface area contributed by atoms with Crippen molar-refractivity contribution in [1.29, 1.82) is 0 Å². The van der Waals surface area contributed by atoms with Crippen LogP contribution in [0.2, 0.25) is 0 Å². The molecule has 1 heterocycles. The Balaban J connectivity index is 1.89. The summed E-state index contributed by atoms with van der Waals surface area (Å²) in [6, 6.07) is 8.03. The number of nitrogens with one attached hydrogen (secondary N) is 2. The van der Waals surface area contributed by atoms with Gasteiger partial charge in [-0.05, 0) is 43.8 Å². The van der Waals surface area contributed by atoms with Gasteiger partial charge in [-0.15, -0.1) is 0 Å². The average Bonchev–Trinajstić information content (AvgIpc) is 2.83. The zero-order valence-electron chi connectivity index (χ0n) is 11.6. The number of ether oxygens (including phenoxy) is 1. The van der Waals surface area contributed by atoms with Gasteiger partial charge in [0, 0.05) is 12.3 Å². The minimum atomic E-state index is 0.441. The third-order valence-corrected chi connectivity index (χ3v) is 2.80. The van der Waals surface area contributed by atoms with E-state index in [0.717, 1.165) is 11.4 Å². The minimum absolute atomic E-state index is 0.441. The van der Waals surface area contributed by atoms with Crippen molar-refractivity contribution < 1.29 is 4.74 Å². The van der Waals surface area contributed by atoms with Crippen LogP contribution in [-0.2, 0) is 11.5 Å². The molecule has 0 atom stereocenters. The lowest BCUT2D eigenvalue weighted by atomic mass is 10.2. The second-order valence-electron chi connectivity index (χ2n) is 4.34. The van der Waals surface area contributed by atoms with Gasteiger partial charge in [-0.1, -0.05) is 12.1 Å². The Labute approximate surface area is 123 Å². The van der Waals surface area contributed by atoms with Gasteiger partial charge in [-0.25, -0.2) is 4.68 Å². The van der Waals surface area contributed by atoms with Crippen LogP contribution < -0.4 is 10.6 Å². The number of hydrogen-bond acceptors (Lipinski definition) is 3. The lowest BCUT2D eigenvalue weighted by molar-refractivity contribution is 0.0792. The van der Waals surface area contributed by atoms with Crippen LogP contribution in [0.3, 0.4) is 0 Å². The van der Waals surface area contributed by atoms with Crippen LogP contribution >= 0.6 is 12.2 Å². The number of aromatic nitrogens is 2. The van der Waals surface area contributed by atoms with Crippen molar-refractivity contribution in [2.24, 2.45) is 0 Å². The summed E-state index contributed by atoms with van der Waals surface area (Å²) in [7, 11) is 0. The van der Waals surface area contributed by atoms with E-state index in [4.69, 9.17) is 17.0 Å². The number of rotatable bonds is 5. The van der Waals surface area contributed by atoms with E-state index >= 15 is 0 Å². The standard InChI is InChI=1S/C14H18N4OS/c1-3-19-10-18-9-13(8-15-18)17-14(20)16-12-6-4-5-11(2)7-12/h4-9H,3,10H2,1-2H3,(H2,16,17,20). The maximum Gasteiger partial charge on any atom is 0.175 e. The average molecular weight is 290 g/mol. The molecule has 0 amide bonds. The monoisotopic (exact) mass is 290 g/mol. The lowest BCUT2D eigenvalue weighted by Crippen LogP contribution is -2.18. The molecule has 0 radical (unpaired) electrons. The van der Waals surface area contributed by atoms with Gasteiger partial charge in [0.1, 0.15) is 6.73 Å². The molecule has 6 heteroatoms. The van der Waals surface area contributed by atoms with Crippen molar-refractivity contribution in [2.45, 2.75) is 20.6 Å². The highest BCUT2D eigenvalue weighted by Gasteiger charge is 2.02. The van der Waals surface area contributed by atoms with Crippen LogP contribution in [0.15, 0.2) is 36.7 Å². The van der Waals surface area contributed by atoms with Gasteiger partial charge < -0.3 is 15.4 Å². The van der Waals surface area contributed by atoms with Crippen molar-refractivity contribution in [2.75, 3.05) is 17.2 Å². The number of thiocarbonyl (C=S) groups is 1. The molecule has 106 valence electrons. The molecule has 1 aromatic carbocycles. The van der Waals surface area contributed by atoms with Gasteiger partial charge in [-0.2, -0.15) is 5.10 Å². The first kappa shape index (κ1) is 14.5. The number of hydrogen-bond donors (Lipinski definition) is 2. The van der Waals surface area contributed by atoms with Gasteiger partial charge >= 0.3 is 0 Å². The van der Waals surface area contributed by atoms with Crippen LogP contribution in [0.5, 0.6) is 0 Å². The third-order valence-electron chi connectivity index (χ3n) is 2.59. The van der Waals surface area contributed by atoms with Crippen molar-refractivity contribution >= 4 is 28.7 Å². The molecule has 0 saturated heterocycles. The van der Waals surface area contributed by atoms with E-state index in [-0.39, 0.29) is 0 Å². The second kappa shape index (κ2) is 7.02. The molecular weight excluding hydrogens is 272 g/mol. The van der Waals surface area contributed by atoms with E-state index in [1.165, 1.54) is 5.56 Å². The Morgan fingerprint density at radius 1 is 1.35 bits per heavy atom. The van der Waals surface area contributed by atoms with Crippen LogP contribution in [0.25, 0.3) is 0 Å². The molecular formula is C14H18N4OS. The lowest BCUT2D eigenvalue weighted by Gasteiger charge is -2.09. The molecule has 0 aliphatic heterocycles.